The van der Waals surface area contributed by atoms with E-state index in [9.17, 15) is 10.2 Å². The van der Waals surface area contributed by atoms with Gasteiger partial charge in [-0.3, -0.25) is 9.78 Å². The lowest BCUT2D eigenvalue weighted by atomic mass is 9.82. The molecule has 0 amide bonds. The van der Waals surface area contributed by atoms with Gasteiger partial charge in [-0.2, -0.15) is 0 Å². The van der Waals surface area contributed by atoms with Crippen LogP contribution in [0.5, 0.6) is 23.0 Å². The van der Waals surface area contributed by atoms with Gasteiger partial charge in [-0.05, 0) is 48.9 Å². The lowest BCUT2D eigenvalue weighted by Crippen LogP contribution is -2.17. The van der Waals surface area contributed by atoms with E-state index in [4.69, 9.17) is 9.78 Å². The first-order chi connectivity index (χ1) is 9.74. The van der Waals surface area contributed by atoms with Crippen molar-refractivity contribution in [2.45, 2.75) is 25.7 Å². The van der Waals surface area contributed by atoms with Crippen molar-refractivity contribution >= 4 is 0 Å². The molecule has 20 heavy (non-hydrogen) atoms. The Bertz CT molecular complexity index is 706. The number of hydrogen-bond acceptors (Lipinski definition) is 4. The summed E-state index contributed by atoms with van der Waals surface area (Å²) in [5.74, 6) is 0.879. The molecule has 0 radical (unpaired) electrons. The number of fused-ring (bicyclic) bond motifs is 4. The number of para-hydroxylation sites is 1. The zero-order valence-corrected chi connectivity index (χ0v) is 10.8. The maximum Gasteiger partial charge on any atom is 0.223 e. The van der Waals surface area contributed by atoms with Gasteiger partial charge in [-0.15, -0.1) is 0 Å². The van der Waals surface area contributed by atoms with E-state index in [1.807, 2.05) is 6.07 Å². The van der Waals surface area contributed by atoms with Gasteiger partial charge in [-0.25, -0.2) is 0 Å². The lowest BCUT2D eigenvalue weighted by Gasteiger charge is -2.27. The van der Waals surface area contributed by atoms with Crippen LogP contribution in [0.25, 0.3) is 0 Å². The zero-order chi connectivity index (χ0) is 13.7. The second-order valence-corrected chi connectivity index (χ2v) is 5.27. The summed E-state index contributed by atoms with van der Waals surface area (Å²) in [7, 11) is 0. The van der Waals surface area contributed by atoms with Gasteiger partial charge >= 0.3 is 0 Å². The largest absolute Gasteiger partial charge is 0.504 e. The third-order valence-corrected chi connectivity index (χ3v) is 4.14. The van der Waals surface area contributed by atoms with Crippen molar-refractivity contribution < 1.29 is 20.0 Å². The number of rotatable bonds is 0. The van der Waals surface area contributed by atoms with Crippen molar-refractivity contribution in [1.82, 2.24) is 0 Å². The van der Waals surface area contributed by atoms with Gasteiger partial charge in [0.05, 0.1) is 0 Å². The molecule has 0 fully saturated rings. The summed E-state index contributed by atoms with van der Waals surface area (Å²) in [6.45, 7) is 0. The fourth-order valence-electron chi connectivity index (χ4n) is 2.99. The molecule has 0 saturated heterocycles. The predicted octanol–water partition coefficient (Wildman–Crippen LogP) is 2.67. The van der Waals surface area contributed by atoms with Crippen molar-refractivity contribution in [2.75, 3.05) is 0 Å². The highest BCUT2D eigenvalue weighted by Crippen LogP contribution is 2.43. The quantitative estimate of drug-likeness (QED) is 0.723. The van der Waals surface area contributed by atoms with E-state index in [0.29, 0.717) is 11.5 Å². The number of phenolic OH excluding ortho intramolecular Hbond substituents is 2. The first-order valence-electron chi connectivity index (χ1n) is 6.76. The third kappa shape index (κ3) is 1.54. The van der Waals surface area contributed by atoms with E-state index < -0.39 is 0 Å². The minimum Gasteiger partial charge on any atom is -0.504 e. The second-order valence-electron chi connectivity index (χ2n) is 5.27. The van der Waals surface area contributed by atoms with Gasteiger partial charge in [0.25, 0.3) is 0 Å². The Kier molecular flexibility index (Phi) is 2.33. The zero-order valence-electron chi connectivity index (χ0n) is 10.8. The minimum atomic E-state index is 0.0503. The van der Waals surface area contributed by atoms with Crippen molar-refractivity contribution in [2.24, 2.45) is 0 Å². The molecule has 1 heterocycles. The second kappa shape index (κ2) is 4.07. The summed E-state index contributed by atoms with van der Waals surface area (Å²) in [4.78, 5) is 10.6. The SMILES string of the molecule is Oc1cccc2c1OOc1c(O)cc3c(c1CC2)CC3. The third-order valence-electron chi connectivity index (χ3n) is 4.14. The molecular weight excluding hydrogens is 256 g/mol. The Balaban J connectivity index is 1.81. The van der Waals surface area contributed by atoms with Gasteiger partial charge < -0.3 is 10.2 Å². The molecule has 0 aromatic heterocycles. The first kappa shape index (κ1) is 11.5. The van der Waals surface area contributed by atoms with Crippen LogP contribution in [0, 0.1) is 0 Å². The predicted molar refractivity (Wildman–Crippen MR) is 72.3 cm³/mol. The summed E-state index contributed by atoms with van der Waals surface area (Å²) in [6.07, 6.45) is 3.55. The van der Waals surface area contributed by atoms with Crippen molar-refractivity contribution in [1.29, 1.82) is 0 Å². The van der Waals surface area contributed by atoms with Crippen LogP contribution in [-0.2, 0) is 25.7 Å². The number of phenols is 2. The number of aryl methyl sites for hydroxylation is 2. The summed E-state index contributed by atoms with van der Waals surface area (Å²) >= 11 is 0. The first-order valence-corrected chi connectivity index (χ1v) is 6.76. The fourth-order valence-corrected chi connectivity index (χ4v) is 2.99. The van der Waals surface area contributed by atoms with Crippen LogP contribution in [0.15, 0.2) is 24.3 Å². The van der Waals surface area contributed by atoms with E-state index in [1.54, 1.807) is 18.2 Å². The van der Waals surface area contributed by atoms with Crippen molar-refractivity contribution in [3.8, 4) is 23.0 Å². The molecule has 1 aliphatic carbocycles. The Hall–Kier alpha value is -2.36. The van der Waals surface area contributed by atoms with Crippen molar-refractivity contribution in [3.05, 3.63) is 46.5 Å². The molecule has 2 aromatic carbocycles. The highest BCUT2D eigenvalue weighted by Gasteiger charge is 2.27. The molecule has 2 N–H and O–H groups in total. The average Bonchev–Trinajstić information content (AvgIpc) is 2.38. The molecular formula is C16H14O4. The van der Waals surface area contributed by atoms with Crippen LogP contribution in [0.4, 0.5) is 0 Å². The Morgan fingerprint density at radius 1 is 0.750 bits per heavy atom. The van der Waals surface area contributed by atoms with E-state index in [-0.39, 0.29) is 11.5 Å². The van der Waals surface area contributed by atoms with E-state index in [2.05, 4.69) is 0 Å². The van der Waals surface area contributed by atoms with Crippen molar-refractivity contribution in [3.63, 3.8) is 0 Å². The topological polar surface area (TPSA) is 58.9 Å². The number of aromatic hydroxyl groups is 2. The molecule has 0 unspecified atom stereocenters. The van der Waals surface area contributed by atoms with Crippen LogP contribution in [-0.4, -0.2) is 10.2 Å². The average molecular weight is 270 g/mol. The van der Waals surface area contributed by atoms with Gasteiger partial charge in [0.1, 0.15) is 0 Å². The molecule has 4 heteroatoms. The lowest BCUT2D eigenvalue weighted by molar-refractivity contribution is -0.106. The molecule has 4 rings (SSSR count). The van der Waals surface area contributed by atoms with Gasteiger partial charge in [0.2, 0.25) is 11.5 Å². The molecule has 102 valence electrons. The van der Waals surface area contributed by atoms with Crippen LogP contribution in [0.2, 0.25) is 0 Å². The molecule has 0 atom stereocenters. The minimum absolute atomic E-state index is 0.0503. The van der Waals surface area contributed by atoms with Crippen LogP contribution < -0.4 is 9.78 Å². The van der Waals surface area contributed by atoms with Crippen LogP contribution in [0.3, 0.4) is 0 Å². The molecule has 1 aliphatic heterocycles. The Labute approximate surface area is 116 Å². The van der Waals surface area contributed by atoms with Gasteiger partial charge in [0.15, 0.2) is 11.5 Å². The summed E-state index contributed by atoms with van der Waals surface area (Å²) in [6, 6.07) is 7.01. The summed E-state index contributed by atoms with van der Waals surface area (Å²) in [5, 5.41) is 19.9. The Morgan fingerprint density at radius 3 is 2.30 bits per heavy atom. The summed E-state index contributed by atoms with van der Waals surface area (Å²) in [5.41, 5.74) is 4.40. The number of benzene rings is 2. The monoisotopic (exact) mass is 270 g/mol. The van der Waals surface area contributed by atoms with Gasteiger partial charge in [0, 0.05) is 11.1 Å². The summed E-state index contributed by atoms with van der Waals surface area (Å²) < 4.78 is 0. The fraction of sp³-hybridized carbons (Fsp3) is 0.250. The number of hydrogen-bond donors (Lipinski definition) is 2. The normalized spacial score (nSPS) is 15.4. The van der Waals surface area contributed by atoms with Crippen LogP contribution >= 0.6 is 0 Å². The smallest absolute Gasteiger partial charge is 0.223 e. The van der Waals surface area contributed by atoms with E-state index in [1.165, 1.54) is 11.1 Å². The Morgan fingerprint density at radius 2 is 1.50 bits per heavy atom. The molecule has 0 bridgehead atoms. The molecule has 0 saturated carbocycles. The molecule has 2 aliphatic rings. The highest BCUT2D eigenvalue weighted by molar-refractivity contribution is 5.58. The van der Waals surface area contributed by atoms with Gasteiger partial charge in [-0.1, -0.05) is 12.1 Å². The maximum absolute atomic E-state index is 10.1. The van der Waals surface area contributed by atoms with E-state index >= 15 is 0 Å². The van der Waals surface area contributed by atoms with Crippen LogP contribution in [0.1, 0.15) is 22.3 Å². The molecule has 0 spiro atoms. The molecule has 4 nitrogen and oxygen atoms in total. The molecule has 2 aromatic rings. The van der Waals surface area contributed by atoms with E-state index in [0.717, 1.165) is 36.8 Å². The highest BCUT2D eigenvalue weighted by atomic mass is 17.2. The standard InChI is InChI=1S/C16H14O4/c17-13-3-1-2-9-4-7-12-11-6-5-10(11)8-14(18)16(12)20-19-15(9)13/h1-3,8,17-18H,4-7H2. The maximum atomic E-state index is 10.1.